The smallest absolute Gasteiger partial charge is 0.294 e. The highest BCUT2D eigenvalue weighted by Crippen LogP contribution is 2.29. The van der Waals surface area contributed by atoms with Crippen LogP contribution in [0.2, 0.25) is 0 Å². The third-order valence-electron chi connectivity index (χ3n) is 3.08. The number of ketones is 1. The van der Waals surface area contributed by atoms with Crippen LogP contribution in [0.3, 0.4) is 0 Å². The highest BCUT2D eigenvalue weighted by Gasteiger charge is 2.40. The second-order valence-corrected chi connectivity index (χ2v) is 4.55. The molecule has 0 aliphatic heterocycles. The Morgan fingerprint density at radius 3 is 2.35 bits per heavy atom. The van der Waals surface area contributed by atoms with Crippen LogP contribution in [0.25, 0.3) is 10.8 Å². The fourth-order valence-electron chi connectivity index (χ4n) is 1.90. The minimum Gasteiger partial charge on any atom is -0.294 e. The lowest BCUT2D eigenvalue weighted by Gasteiger charge is -2.14. The average Bonchev–Trinajstić information content (AvgIpc) is 2.44. The second kappa shape index (κ2) is 5.61. The lowest BCUT2D eigenvalue weighted by molar-refractivity contribution is -0.132. The van der Waals surface area contributed by atoms with E-state index in [0.717, 1.165) is 10.8 Å². The minimum absolute atomic E-state index is 0.258. The number of fused-ring (bicyclic) bond motifs is 1. The van der Waals surface area contributed by atoms with E-state index >= 15 is 0 Å². The molecule has 0 heterocycles. The Kier molecular flexibility index (Phi) is 4.06. The number of rotatable bonds is 5. The molecule has 0 atom stereocenters. The molecule has 0 aliphatic rings. The summed E-state index contributed by atoms with van der Waals surface area (Å²) in [6.07, 6.45) is -5.49. The highest BCUT2D eigenvalue weighted by atomic mass is 19.3. The monoisotopic (exact) mass is 284 g/mol. The van der Waals surface area contributed by atoms with Crippen molar-refractivity contribution in [2.45, 2.75) is 25.2 Å². The van der Waals surface area contributed by atoms with Crippen LogP contribution in [0.1, 0.15) is 23.2 Å². The normalized spacial score (nSPS) is 12.1. The van der Waals surface area contributed by atoms with Gasteiger partial charge in [0.25, 0.3) is 0 Å². The molecule has 106 valence electrons. The molecule has 5 heteroatoms. The first kappa shape index (κ1) is 14.5. The maximum absolute atomic E-state index is 12.8. The molecule has 0 unspecified atom stereocenters. The lowest BCUT2D eigenvalue weighted by atomic mass is 10.0. The zero-order valence-corrected chi connectivity index (χ0v) is 10.5. The summed E-state index contributed by atoms with van der Waals surface area (Å²) in [5.74, 6) is -4.68. The molecular weight excluding hydrogens is 272 g/mol. The Morgan fingerprint density at radius 2 is 1.70 bits per heavy atom. The summed E-state index contributed by atoms with van der Waals surface area (Å²) in [5.41, 5.74) is 0.258. The van der Waals surface area contributed by atoms with E-state index in [1.54, 1.807) is 24.3 Å². The van der Waals surface area contributed by atoms with E-state index < -0.39 is 31.0 Å². The molecule has 0 N–H and O–H groups in total. The lowest BCUT2D eigenvalue weighted by Crippen LogP contribution is -2.27. The van der Waals surface area contributed by atoms with Gasteiger partial charge in [-0.1, -0.05) is 36.4 Å². The number of benzene rings is 2. The van der Waals surface area contributed by atoms with Gasteiger partial charge in [-0.3, -0.25) is 4.79 Å². The predicted octanol–water partition coefficient (Wildman–Crippen LogP) is 4.70. The van der Waals surface area contributed by atoms with E-state index in [4.69, 9.17) is 0 Å². The van der Waals surface area contributed by atoms with Gasteiger partial charge in [-0.2, -0.15) is 0 Å². The van der Waals surface area contributed by atoms with Crippen molar-refractivity contribution < 1.29 is 22.4 Å². The van der Waals surface area contributed by atoms with E-state index in [1.165, 1.54) is 6.07 Å². The van der Waals surface area contributed by atoms with E-state index in [0.29, 0.717) is 0 Å². The van der Waals surface area contributed by atoms with Crippen molar-refractivity contribution in [3.63, 3.8) is 0 Å². The Hall–Kier alpha value is -1.91. The first-order valence-corrected chi connectivity index (χ1v) is 6.08. The van der Waals surface area contributed by atoms with Gasteiger partial charge < -0.3 is 0 Å². The molecule has 20 heavy (non-hydrogen) atoms. The molecule has 2 aromatic carbocycles. The maximum atomic E-state index is 12.8. The van der Waals surface area contributed by atoms with E-state index in [-0.39, 0.29) is 5.56 Å². The summed E-state index contributed by atoms with van der Waals surface area (Å²) in [6.45, 7) is 0. The molecule has 0 amide bonds. The van der Waals surface area contributed by atoms with Gasteiger partial charge >= 0.3 is 12.3 Å². The SMILES string of the molecule is O=C(CCC(F)(F)C(F)F)c1ccc2ccccc2c1. The standard InChI is InChI=1S/C15H12F4O/c16-14(17)15(18,19)8-7-13(20)12-6-5-10-3-1-2-4-11(10)9-12/h1-6,9,14H,7-8H2. The van der Waals surface area contributed by atoms with Gasteiger partial charge in [-0.05, 0) is 16.8 Å². The van der Waals surface area contributed by atoms with Crippen LogP contribution in [-0.2, 0) is 0 Å². The fraction of sp³-hybridized carbons (Fsp3) is 0.267. The van der Waals surface area contributed by atoms with Crippen molar-refractivity contribution >= 4 is 16.6 Å². The summed E-state index contributed by atoms with van der Waals surface area (Å²) >= 11 is 0. The summed E-state index contributed by atoms with van der Waals surface area (Å²) in [7, 11) is 0. The van der Waals surface area contributed by atoms with Crippen LogP contribution in [0.5, 0.6) is 0 Å². The number of Topliss-reactive ketones (excluding diaryl/α,β-unsaturated/α-hetero) is 1. The van der Waals surface area contributed by atoms with Crippen LogP contribution < -0.4 is 0 Å². The molecule has 0 aromatic heterocycles. The van der Waals surface area contributed by atoms with Gasteiger partial charge in [-0.25, -0.2) is 17.6 Å². The minimum atomic E-state index is -4.12. The number of carbonyl (C=O) groups excluding carboxylic acids is 1. The molecule has 0 bridgehead atoms. The van der Waals surface area contributed by atoms with Crippen molar-refractivity contribution in [1.82, 2.24) is 0 Å². The Labute approximate surface area is 113 Å². The highest BCUT2D eigenvalue weighted by molar-refractivity contribution is 5.99. The molecule has 0 aliphatic carbocycles. The predicted molar refractivity (Wildman–Crippen MR) is 68.5 cm³/mol. The molecule has 0 spiro atoms. The fourth-order valence-corrected chi connectivity index (χ4v) is 1.90. The van der Waals surface area contributed by atoms with Gasteiger partial charge in [-0.15, -0.1) is 0 Å². The number of carbonyl (C=O) groups is 1. The topological polar surface area (TPSA) is 17.1 Å². The molecule has 0 saturated heterocycles. The number of hydrogen-bond acceptors (Lipinski definition) is 1. The maximum Gasteiger partial charge on any atom is 0.307 e. The molecule has 0 radical (unpaired) electrons. The van der Waals surface area contributed by atoms with Crippen LogP contribution in [0.15, 0.2) is 42.5 Å². The van der Waals surface area contributed by atoms with E-state index in [1.807, 2.05) is 12.1 Å². The third-order valence-corrected chi connectivity index (χ3v) is 3.08. The van der Waals surface area contributed by atoms with Crippen molar-refractivity contribution in [2.75, 3.05) is 0 Å². The van der Waals surface area contributed by atoms with E-state index in [9.17, 15) is 22.4 Å². The summed E-state index contributed by atoms with van der Waals surface area (Å²) in [4.78, 5) is 11.8. The molecule has 1 nitrogen and oxygen atoms in total. The van der Waals surface area contributed by atoms with Gasteiger partial charge in [0.05, 0.1) is 0 Å². The molecule has 0 fully saturated rings. The Balaban J connectivity index is 2.12. The zero-order chi connectivity index (χ0) is 14.8. The van der Waals surface area contributed by atoms with Gasteiger partial charge in [0, 0.05) is 18.4 Å². The number of halogens is 4. The van der Waals surface area contributed by atoms with Crippen molar-refractivity contribution in [2.24, 2.45) is 0 Å². The Bertz CT molecular complexity index is 622. The first-order valence-electron chi connectivity index (χ1n) is 6.08. The van der Waals surface area contributed by atoms with Crippen LogP contribution >= 0.6 is 0 Å². The van der Waals surface area contributed by atoms with Gasteiger partial charge in [0.15, 0.2) is 5.78 Å². The van der Waals surface area contributed by atoms with Gasteiger partial charge in [0.1, 0.15) is 0 Å². The van der Waals surface area contributed by atoms with Crippen molar-refractivity contribution in [3.05, 3.63) is 48.0 Å². The first-order chi connectivity index (χ1) is 9.40. The number of alkyl halides is 4. The summed E-state index contributed by atoms with van der Waals surface area (Å²) in [5, 5.41) is 1.72. The summed E-state index contributed by atoms with van der Waals surface area (Å²) < 4.78 is 49.6. The number of hydrogen-bond donors (Lipinski definition) is 0. The largest absolute Gasteiger partial charge is 0.307 e. The van der Waals surface area contributed by atoms with Gasteiger partial charge in [0.2, 0.25) is 0 Å². The molecular formula is C15H12F4O. The quantitative estimate of drug-likeness (QED) is 0.574. The molecule has 2 aromatic rings. The second-order valence-electron chi connectivity index (χ2n) is 4.55. The van der Waals surface area contributed by atoms with Crippen LogP contribution in [0.4, 0.5) is 17.6 Å². The summed E-state index contributed by atoms with van der Waals surface area (Å²) in [6, 6.07) is 12.1. The zero-order valence-electron chi connectivity index (χ0n) is 10.5. The van der Waals surface area contributed by atoms with Crippen molar-refractivity contribution in [1.29, 1.82) is 0 Å². The molecule has 0 saturated carbocycles. The molecule has 2 rings (SSSR count). The van der Waals surface area contributed by atoms with Crippen LogP contribution in [0, 0.1) is 0 Å². The van der Waals surface area contributed by atoms with E-state index in [2.05, 4.69) is 0 Å². The van der Waals surface area contributed by atoms with Crippen molar-refractivity contribution in [3.8, 4) is 0 Å². The Morgan fingerprint density at radius 1 is 1.05 bits per heavy atom. The third kappa shape index (κ3) is 3.15. The average molecular weight is 284 g/mol. The van der Waals surface area contributed by atoms with Crippen LogP contribution in [-0.4, -0.2) is 18.1 Å².